The normalized spacial score (nSPS) is 14.2. The van der Waals surface area contributed by atoms with Gasteiger partial charge in [0.05, 0.1) is 26.4 Å². The molecular weight excluding hydrogens is 204 g/mol. The maximum absolute atomic E-state index is 5.64. The van der Waals surface area contributed by atoms with Gasteiger partial charge >= 0.3 is 0 Å². The van der Waals surface area contributed by atoms with Crippen LogP contribution in [0.15, 0.2) is 24.3 Å². The minimum Gasteiger partial charge on any atom is -0.382 e. The van der Waals surface area contributed by atoms with Crippen molar-refractivity contribution < 1.29 is 14.2 Å². The van der Waals surface area contributed by atoms with Crippen LogP contribution in [0.3, 0.4) is 0 Å². The van der Waals surface area contributed by atoms with Crippen LogP contribution in [0.4, 0.5) is 0 Å². The monoisotopic (exact) mass is 228 g/mol. The van der Waals surface area contributed by atoms with Gasteiger partial charge < -0.3 is 14.2 Å². The minimum absolute atomic E-state index is 0.404. The Morgan fingerprint density at radius 2 is 1.94 bits per heavy atom. The highest BCUT2D eigenvalue weighted by Crippen LogP contribution is 2.11. The third-order valence-electron chi connectivity index (χ3n) is 2.02. The first-order valence-electron chi connectivity index (χ1n) is 5.49. The van der Waals surface area contributed by atoms with Gasteiger partial charge in [0.2, 0.25) is 0 Å². The molecule has 0 N–H and O–H groups in total. The molecule has 0 spiro atoms. The number of ether oxygens (including phenoxy) is 3. The Balaban J connectivity index is 4.00. The van der Waals surface area contributed by atoms with E-state index >= 15 is 0 Å². The van der Waals surface area contributed by atoms with Crippen molar-refractivity contribution in [3.63, 3.8) is 0 Å². The van der Waals surface area contributed by atoms with Crippen molar-refractivity contribution in [3.05, 3.63) is 24.3 Å². The van der Waals surface area contributed by atoms with Crippen LogP contribution in [0.25, 0.3) is 0 Å². The second-order valence-corrected chi connectivity index (χ2v) is 4.28. The predicted octanol–water partition coefficient (Wildman–Crippen LogP) is 2.58. The highest BCUT2D eigenvalue weighted by atomic mass is 16.6. The van der Waals surface area contributed by atoms with Crippen LogP contribution in [0.1, 0.15) is 20.8 Å². The van der Waals surface area contributed by atoms with Crippen molar-refractivity contribution in [1.82, 2.24) is 0 Å². The minimum atomic E-state index is -0.404. The molecule has 0 radical (unpaired) electrons. The van der Waals surface area contributed by atoms with E-state index in [-0.39, 0.29) is 0 Å². The highest BCUT2D eigenvalue weighted by molar-refractivity contribution is 4.93. The van der Waals surface area contributed by atoms with E-state index in [0.717, 1.165) is 0 Å². The summed E-state index contributed by atoms with van der Waals surface area (Å²) in [6.45, 7) is 11.8. The fourth-order valence-electron chi connectivity index (χ4n) is 1.19. The molecule has 0 amide bonds. The summed E-state index contributed by atoms with van der Waals surface area (Å²) >= 11 is 0. The lowest BCUT2D eigenvalue weighted by atomic mass is 10.1. The number of allylic oxidation sites excluding steroid dienone is 1. The third kappa shape index (κ3) is 7.63. The number of hydrogen-bond acceptors (Lipinski definition) is 3. The van der Waals surface area contributed by atoms with Crippen LogP contribution in [-0.4, -0.2) is 39.1 Å². The molecule has 3 heteroatoms. The summed E-state index contributed by atoms with van der Waals surface area (Å²) in [4.78, 5) is 0. The van der Waals surface area contributed by atoms with Crippen molar-refractivity contribution in [1.29, 1.82) is 0 Å². The van der Waals surface area contributed by atoms with Crippen molar-refractivity contribution >= 4 is 0 Å². The average molecular weight is 228 g/mol. The molecule has 3 nitrogen and oxygen atoms in total. The molecule has 0 bridgehead atoms. The highest BCUT2D eigenvalue weighted by Gasteiger charge is 2.24. The van der Waals surface area contributed by atoms with E-state index in [9.17, 15) is 0 Å². The molecule has 0 aliphatic carbocycles. The maximum Gasteiger partial charge on any atom is 0.112 e. The van der Waals surface area contributed by atoms with Crippen LogP contribution in [0, 0.1) is 0 Å². The molecule has 0 aromatic carbocycles. The van der Waals surface area contributed by atoms with Gasteiger partial charge in [-0.2, -0.15) is 0 Å². The lowest BCUT2D eigenvalue weighted by Crippen LogP contribution is -2.39. The van der Waals surface area contributed by atoms with Gasteiger partial charge in [0, 0.05) is 7.11 Å². The molecule has 0 saturated heterocycles. The van der Waals surface area contributed by atoms with Crippen LogP contribution < -0.4 is 0 Å². The van der Waals surface area contributed by atoms with Gasteiger partial charge in [-0.3, -0.25) is 0 Å². The Labute approximate surface area is 99.1 Å². The first-order chi connectivity index (χ1) is 7.54. The second kappa shape index (κ2) is 8.50. The molecule has 0 aliphatic rings. The molecule has 1 unspecified atom stereocenters. The lowest BCUT2D eigenvalue weighted by molar-refractivity contribution is -0.107. The van der Waals surface area contributed by atoms with Gasteiger partial charge in [-0.05, 0) is 20.8 Å². The molecule has 0 heterocycles. The molecular formula is C13H24O3. The van der Waals surface area contributed by atoms with Gasteiger partial charge in [0.15, 0.2) is 0 Å². The summed E-state index contributed by atoms with van der Waals surface area (Å²) in [5.74, 6) is 0. The third-order valence-corrected chi connectivity index (χ3v) is 2.02. The molecule has 0 rings (SSSR count). The summed E-state index contributed by atoms with van der Waals surface area (Å²) in [6, 6.07) is 0. The SMILES string of the molecule is C=CCOC(C)(COC)COCC=C(C)C. The average Bonchev–Trinajstić information content (AvgIpc) is 2.22. The largest absolute Gasteiger partial charge is 0.382 e. The smallest absolute Gasteiger partial charge is 0.112 e. The van der Waals surface area contributed by atoms with E-state index in [1.165, 1.54) is 5.57 Å². The van der Waals surface area contributed by atoms with E-state index in [1.807, 2.05) is 26.8 Å². The Hall–Kier alpha value is -0.640. The number of methoxy groups -OCH3 is 1. The molecule has 0 aliphatic heterocycles. The maximum atomic E-state index is 5.64. The predicted molar refractivity (Wildman–Crippen MR) is 66.7 cm³/mol. The summed E-state index contributed by atoms with van der Waals surface area (Å²) in [5, 5.41) is 0. The Morgan fingerprint density at radius 1 is 1.25 bits per heavy atom. The van der Waals surface area contributed by atoms with E-state index < -0.39 is 5.60 Å². The van der Waals surface area contributed by atoms with Crippen LogP contribution >= 0.6 is 0 Å². The molecule has 0 fully saturated rings. The molecule has 16 heavy (non-hydrogen) atoms. The Kier molecular flexibility index (Phi) is 8.16. The molecule has 0 aromatic rings. The number of rotatable bonds is 9. The van der Waals surface area contributed by atoms with Crippen molar-refractivity contribution in [2.45, 2.75) is 26.4 Å². The first-order valence-corrected chi connectivity index (χ1v) is 5.49. The quantitative estimate of drug-likeness (QED) is 0.448. The standard InChI is InChI=1S/C13H24O3/c1-6-8-16-13(4,10-14-5)11-15-9-7-12(2)3/h6-7H,1,8-11H2,2-5H3. The van der Waals surface area contributed by atoms with E-state index in [1.54, 1.807) is 13.2 Å². The van der Waals surface area contributed by atoms with E-state index in [4.69, 9.17) is 14.2 Å². The van der Waals surface area contributed by atoms with Gasteiger partial charge in [-0.25, -0.2) is 0 Å². The molecule has 1 atom stereocenters. The van der Waals surface area contributed by atoms with Crippen molar-refractivity contribution in [2.24, 2.45) is 0 Å². The lowest BCUT2D eigenvalue weighted by Gasteiger charge is -2.28. The zero-order chi connectivity index (χ0) is 12.4. The second-order valence-electron chi connectivity index (χ2n) is 4.28. The van der Waals surface area contributed by atoms with Crippen molar-refractivity contribution in [2.75, 3.05) is 33.5 Å². The molecule has 0 aromatic heterocycles. The van der Waals surface area contributed by atoms with Crippen LogP contribution in [-0.2, 0) is 14.2 Å². The first kappa shape index (κ1) is 15.4. The summed E-state index contributed by atoms with van der Waals surface area (Å²) in [5.41, 5.74) is 0.846. The van der Waals surface area contributed by atoms with E-state index in [2.05, 4.69) is 6.58 Å². The zero-order valence-electron chi connectivity index (χ0n) is 10.9. The van der Waals surface area contributed by atoms with Gasteiger partial charge in [0.1, 0.15) is 5.60 Å². The topological polar surface area (TPSA) is 27.7 Å². The molecule has 0 saturated carbocycles. The van der Waals surface area contributed by atoms with E-state index in [0.29, 0.717) is 26.4 Å². The fraction of sp³-hybridized carbons (Fsp3) is 0.692. The Bertz CT molecular complexity index is 219. The van der Waals surface area contributed by atoms with Crippen molar-refractivity contribution in [3.8, 4) is 0 Å². The molecule has 94 valence electrons. The van der Waals surface area contributed by atoms with Crippen LogP contribution in [0.5, 0.6) is 0 Å². The fourth-order valence-corrected chi connectivity index (χ4v) is 1.19. The van der Waals surface area contributed by atoms with Gasteiger partial charge in [0.25, 0.3) is 0 Å². The Morgan fingerprint density at radius 3 is 2.44 bits per heavy atom. The van der Waals surface area contributed by atoms with Gasteiger partial charge in [-0.1, -0.05) is 17.7 Å². The van der Waals surface area contributed by atoms with Crippen LogP contribution in [0.2, 0.25) is 0 Å². The summed E-state index contributed by atoms with van der Waals surface area (Å²) < 4.78 is 16.3. The summed E-state index contributed by atoms with van der Waals surface area (Å²) in [6.07, 6.45) is 3.77. The van der Waals surface area contributed by atoms with Gasteiger partial charge in [-0.15, -0.1) is 6.58 Å². The zero-order valence-corrected chi connectivity index (χ0v) is 10.9. The number of hydrogen-bond donors (Lipinski definition) is 0. The summed E-state index contributed by atoms with van der Waals surface area (Å²) in [7, 11) is 1.66.